The van der Waals surface area contributed by atoms with Crippen molar-refractivity contribution in [2.24, 2.45) is 0 Å². The number of carbonyl (C=O) groups excluding carboxylic acids is 1. The lowest BCUT2D eigenvalue weighted by Crippen LogP contribution is -2.18. The molecule has 1 unspecified atom stereocenters. The minimum absolute atomic E-state index is 0.0314. The summed E-state index contributed by atoms with van der Waals surface area (Å²) in [5, 5.41) is 13.3. The fourth-order valence-corrected chi connectivity index (χ4v) is 4.70. The highest BCUT2D eigenvalue weighted by molar-refractivity contribution is 5.85. The number of ether oxygens (including phenoxy) is 1. The summed E-state index contributed by atoms with van der Waals surface area (Å²) in [7, 11) is 0. The number of fused-ring (bicyclic) bond motifs is 3. The molecule has 0 spiro atoms. The topological polar surface area (TPSA) is 58.6 Å². The minimum Gasteiger partial charge on any atom is -0.448 e. The van der Waals surface area contributed by atoms with Crippen molar-refractivity contribution in [3.05, 3.63) is 125 Å². The van der Waals surface area contributed by atoms with Gasteiger partial charge in [0, 0.05) is 11.6 Å². The molecule has 0 aliphatic heterocycles. The van der Waals surface area contributed by atoms with E-state index in [0.717, 1.165) is 11.1 Å². The van der Waals surface area contributed by atoms with Gasteiger partial charge in [-0.05, 0) is 58.4 Å². The van der Waals surface area contributed by atoms with E-state index in [1.807, 2.05) is 78.9 Å². The smallest absolute Gasteiger partial charge is 0.411 e. The van der Waals surface area contributed by atoms with Gasteiger partial charge in [0.05, 0.1) is 6.10 Å². The van der Waals surface area contributed by atoms with E-state index < -0.39 is 12.2 Å². The molecule has 1 atom stereocenters. The zero-order valence-electron chi connectivity index (χ0n) is 18.9. The highest BCUT2D eigenvalue weighted by Gasteiger charge is 2.29. The SMILES string of the molecule is O=C(Nc1cccc(CCC(O)c2ccccc2)c1)OCC1c2ccccc2-c2ccccc21. The van der Waals surface area contributed by atoms with Crippen molar-refractivity contribution in [1.82, 2.24) is 0 Å². The molecule has 0 saturated heterocycles. The molecule has 0 saturated carbocycles. The summed E-state index contributed by atoms with van der Waals surface area (Å²) in [5.74, 6) is 0.0314. The first-order chi connectivity index (χ1) is 16.7. The Bertz CT molecular complexity index is 1240. The summed E-state index contributed by atoms with van der Waals surface area (Å²) >= 11 is 0. The molecule has 4 aromatic rings. The molecule has 1 aliphatic carbocycles. The van der Waals surface area contributed by atoms with Crippen LogP contribution in [0.2, 0.25) is 0 Å². The van der Waals surface area contributed by atoms with E-state index in [9.17, 15) is 9.90 Å². The molecule has 0 fully saturated rings. The fraction of sp³-hybridized carbons (Fsp3) is 0.167. The lowest BCUT2D eigenvalue weighted by Gasteiger charge is -2.15. The Morgan fingerprint density at radius 2 is 1.47 bits per heavy atom. The Kier molecular flexibility index (Phi) is 6.41. The predicted molar refractivity (Wildman–Crippen MR) is 135 cm³/mol. The van der Waals surface area contributed by atoms with Crippen molar-refractivity contribution in [2.45, 2.75) is 24.9 Å². The largest absolute Gasteiger partial charge is 0.448 e. The van der Waals surface area contributed by atoms with Crippen molar-refractivity contribution in [3.8, 4) is 11.1 Å². The molecule has 0 aromatic heterocycles. The van der Waals surface area contributed by atoms with Crippen LogP contribution in [0.4, 0.5) is 10.5 Å². The quantitative estimate of drug-likeness (QED) is 0.329. The van der Waals surface area contributed by atoms with Crippen molar-refractivity contribution >= 4 is 11.8 Å². The van der Waals surface area contributed by atoms with Gasteiger partial charge in [-0.2, -0.15) is 0 Å². The molecular formula is C30H27NO3. The van der Waals surface area contributed by atoms with Gasteiger partial charge in [-0.25, -0.2) is 4.79 Å². The first-order valence-corrected chi connectivity index (χ1v) is 11.6. The van der Waals surface area contributed by atoms with E-state index in [0.29, 0.717) is 18.5 Å². The van der Waals surface area contributed by atoms with Gasteiger partial charge in [0.1, 0.15) is 6.61 Å². The monoisotopic (exact) mass is 449 g/mol. The summed E-state index contributed by atoms with van der Waals surface area (Å²) in [6.07, 6.45) is 0.331. The minimum atomic E-state index is -0.514. The highest BCUT2D eigenvalue weighted by Crippen LogP contribution is 2.44. The number of hydrogen-bond donors (Lipinski definition) is 2. The lowest BCUT2D eigenvalue weighted by molar-refractivity contribution is 0.158. The molecular weight excluding hydrogens is 422 g/mol. The average Bonchev–Trinajstić information content (AvgIpc) is 3.20. The maximum atomic E-state index is 12.6. The van der Waals surface area contributed by atoms with Crippen molar-refractivity contribution in [3.63, 3.8) is 0 Å². The van der Waals surface area contributed by atoms with Crippen LogP contribution in [0.3, 0.4) is 0 Å². The van der Waals surface area contributed by atoms with E-state index in [2.05, 4.69) is 29.6 Å². The maximum Gasteiger partial charge on any atom is 0.411 e. The Morgan fingerprint density at radius 1 is 0.824 bits per heavy atom. The molecule has 4 aromatic carbocycles. The van der Waals surface area contributed by atoms with Crippen LogP contribution in [-0.2, 0) is 11.2 Å². The molecule has 4 nitrogen and oxygen atoms in total. The predicted octanol–water partition coefficient (Wildman–Crippen LogP) is 6.71. The molecule has 4 heteroatoms. The van der Waals surface area contributed by atoms with Gasteiger partial charge in [0.15, 0.2) is 0 Å². The van der Waals surface area contributed by atoms with Crippen molar-refractivity contribution in [1.29, 1.82) is 0 Å². The van der Waals surface area contributed by atoms with E-state index in [4.69, 9.17) is 4.74 Å². The summed E-state index contributed by atoms with van der Waals surface area (Å²) in [5.41, 5.74) is 7.44. The summed E-state index contributed by atoms with van der Waals surface area (Å²) in [6.45, 7) is 0.281. The Hall–Kier alpha value is -3.89. The second-order valence-electron chi connectivity index (χ2n) is 8.62. The Morgan fingerprint density at radius 3 is 2.18 bits per heavy atom. The zero-order valence-corrected chi connectivity index (χ0v) is 18.9. The molecule has 1 amide bonds. The third kappa shape index (κ3) is 4.73. The van der Waals surface area contributed by atoms with Crippen LogP contribution in [0.25, 0.3) is 11.1 Å². The van der Waals surface area contributed by atoms with Gasteiger partial charge in [-0.3, -0.25) is 5.32 Å². The Balaban J connectivity index is 1.19. The fourth-order valence-electron chi connectivity index (χ4n) is 4.70. The second-order valence-corrected chi connectivity index (χ2v) is 8.62. The number of amides is 1. The molecule has 34 heavy (non-hydrogen) atoms. The van der Waals surface area contributed by atoms with E-state index in [1.165, 1.54) is 22.3 Å². The molecule has 0 heterocycles. The van der Waals surface area contributed by atoms with Gasteiger partial charge < -0.3 is 9.84 Å². The van der Waals surface area contributed by atoms with E-state index >= 15 is 0 Å². The average molecular weight is 450 g/mol. The van der Waals surface area contributed by atoms with Crippen molar-refractivity contribution < 1.29 is 14.6 Å². The van der Waals surface area contributed by atoms with Crippen LogP contribution in [0, 0.1) is 0 Å². The standard InChI is InChI=1S/C30H27NO3/c32-29(22-10-2-1-3-11-22)18-17-21-9-8-12-23(19-21)31-30(33)34-20-28-26-15-6-4-13-24(26)25-14-5-7-16-27(25)28/h1-16,19,28-29,32H,17-18,20H2,(H,31,33). The number of aryl methyl sites for hydroxylation is 1. The Labute approximate surface area is 199 Å². The molecule has 0 radical (unpaired) electrons. The molecule has 1 aliphatic rings. The number of rotatable bonds is 7. The zero-order chi connectivity index (χ0) is 23.3. The number of nitrogens with one attached hydrogen (secondary N) is 1. The van der Waals surface area contributed by atoms with Crippen LogP contribution in [0.15, 0.2) is 103 Å². The van der Waals surface area contributed by atoms with Crippen molar-refractivity contribution in [2.75, 3.05) is 11.9 Å². The van der Waals surface area contributed by atoms with Crippen LogP contribution in [-0.4, -0.2) is 17.8 Å². The first-order valence-electron chi connectivity index (χ1n) is 11.6. The number of anilines is 1. The molecule has 170 valence electrons. The van der Waals surface area contributed by atoms with Crippen LogP contribution >= 0.6 is 0 Å². The summed E-state index contributed by atoms with van der Waals surface area (Å²) in [4.78, 5) is 12.6. The third-order valence-corrected chi connectivity index (χ3v) is 6.41. The number of aliphatic hydroxyl groups is 1. The maximum absolute atomic E-state index is 12.6. The van der Waals surface area contributed by atoms with E-state index in [-0.39, 0.29) is 12.5 Å². The van der Waals surface area contributed by atoms with Crippen LogP contribution in [0.1, 0.15) is 40.7 Å². The van der Waals surface area contributed by atoms with Gasteiger partial charge in [0.25, 0.3) is 0 Å². The van der Waals surface area contributed by atoms with Gasteiger partial charge in [-0.15, -0.1) is 0 Å². The normalized spacial score (nSPS) is 13.1. The van der Waals surface area contributed by atoms with Crippen LogP contribution < -0.4 is 5.32 Å². The molecule has 5 rings (SSSR count). The second kappa shape index (κ2) is 9.94. The molecule has 0 bridgehead atoms. The highest BCUT2D eigenvalue weighted by atomic mass is 16.5. The van der Waals surface area contributed by atoms with Gasteiger partial charge in [0.2, 0.25) is 0 Å². The summed E-state index contributed by atoms with van der Waals surface area (Å²) < 4.78 is 5.65. The third-order valence-electron chi connectivity index (χ3n) is 6.41. The number of carbonyl (C=O) groups is 1. The van der Waals surface area contributed by atoms with E-state index in [1.54, 1.807) is 0 Å². The molecule has 2 N–H and O–H groups in total. The first kappa shape index (κ1) is 21.9. The number of aliphatic hydroxyl groups excluding tert-OH is 1. The summed E-state index contributed by atoms with van der Waals surface area (Å²) in [6, 6.07) is 33.9. The van der Waals surface area contributed by atoms with Crippen LogP contribution in [0.5, 0.6) is 0 Å². The number of hydrogen-bond acceptors (Lipinski definition) is 3. The lowest BCUT2D eigenvalue weighted by atomic mass is 9.98. The number of benzene rings is 4. The van der Waals surface area contributed by atoms with Gasteiger partial charge in [-0.1, -0.05) is 91.0 Å². The van der Waals surface area contributed by atoms with Gasteiger partial charge >= 0.3 is 6.09 Å².